The van der Waals surface area contributed by atoms with Crippen molar-refractivity contribution < 1.29 is 4.74 Å². The SMILES string of the molecule is CCCn1ncc(OC)c1C(N)Cc1ccc(C)cc1. The van der Waals surface area contributed by atoms with Crippen LogP contribution >= 0.6 is 0 Å². The van der Waals surface area contributed by atoms with Gasteiger partial charge in [0, 0.05) is 6.54 Å². The fourth-order valence-corrected chi connectivity index (χ4v) is 2.37. The lowest BCUT2D eigenvalue weighted by Gasteiger charge is -2.16. The molecule has 4 nitrogen and oxygen atoms in total. The number of rotatable bonds is 6. The van der Waals surface area contributed by atoms with Crippen LogP contribution in [-0.4, -0.2) is 16.9 Å². The zero-order valence-electron chi connectivity index (χ0n) is 12.5. The molecule has 20 heavy (non-hydrogen) atoms. The molecule has 0 amide bonds. The Labute approximate surface area is 120 Å². The highest BCUT2D eigenvalue weighted by molar-refractivity contribution is 5.30. The summed E-state index contributed by atoms with van der Waals surface area (Å²) in [6.07, 6.45) is 3.56. The molecule has 0 spiro atoms. The summed E-state index contributed by atoms with van der Waals surface area (Å²) in [7, 11) is 1.66. The fraction of sp³-hybridized carbons (Fsp3) is 0.438. The molecule has 2 rings (SSSR count). The van der Waals surface area contributed by atoms with Gasteiger partial charge in [-0.1, -0.05) is 36.8 Å². The van der Waals surface area contributed by atoms with E-state index in [9.17, 15) is 0 Å². The highest BCUT2D eigenvalue weighted by Crippen LogP contribution is 2.26. The van der Waals surface area contributed by atoms with Crippen molar-refractivity contribution in [2.75, 3.05) is 7.11 Å². The monoisotopic (exact) mass is 273 g/mol. The Hall–Kier alpha value is -1.81. The first kappa shape index (κ1) is 14.6. The van der Waals surface area contributed by atoms with E-state index in [1.807, 2.05) is 4.68 Å². The van der Waals surface area contributed by atoms with Gasteiger partial charge in [0.25, 0.3) is 0 Å². The average Bonchev–Trinajstić information content (AvgIpc) is 2.85. The molecule has 4 heteroatoms. The van der Waals surface area contributed by atoms with Crippen molar-refractivity contribution in [3.8, 4) is 5.75 Å². The van der Waals surface area contributed by atoms with Crippen LogP contribution in [0.3, 0.4) is 0 Å². The lowest BCUT2D eigenvalue weighted by molar-refractivity contribution is 0.400. The molecular formula is C16H23N3O. The van der Waals surface area contributed by atoms with Gasteiger partial charge in [-0.2, -0.15) is 5.10 Å². The van der Waals surface area contributed by atoms with Crippen molar-refractivity contribution in [2.45, 2.75) is 39.3 Å². The fourth-order valence-electron chi connectivity index (χ4n) is 2.37. The maximum absolute atomic E-state index is 6.38. The standard InChI is InChI=1S/C16H23N3O/c1-4-9-19-16(15(20-3)11-18-19)14(17)10-13-7-5-12(2)6-8-13/h5-8,11,14H,4,9-10,17H2,1-3H3. The van der Waals surface area contributed by atoms with E-state index in [2.05, 4.69) is 43.2 Å². The molecule has 0 saturated heterocycles. The summed E-state index contributed by atoms with van der Waals surface area (Å²) in [5.74, 6) is 0.776. The van der Waals surface area contributed by atoms with Gasteiger partial charge in [0.15, 0.2) is 5.75 Å². The number of benzene rings is 1. The molecule has 1 unspecified atom stereocenters. The molecule has 1 heterocycles. The van der Waals surface area contributed by atoms with Crippen LogP contribution in [0.4, 0.5) is 0 Å². The van der Waals surface area contributed by atoms with Crippen LogP contribution in [0.15, 0.2) is 30.5 Å². The lowest BCUT2D eigenvalue weighted by Crippen LogP contribution is -2.19. The number of ether oxygens (including phenoxy) is 1. The van der Waals surface area contributed by atoms with Gasteiger partial charge >= 0.3 is 0 Å². The molecule has 0 radical (unpaired) electrons. The summed E-state index contributed by atoms with van der Waals surface area (Å²) in [5, 5.41) is 4.37. The zero-order chi connectivity index (χ0) is 14.5. The Morgan fingerprint density at radius 1 is 1.30 bits per heavy atom. The van der Waals surface area contributed by atoms with Gasteiger partial charge in [0.1, 0.15) is 0 Å². The molecule has 0 bridgehead atoms. The smallest absolute Gasteiger partial charge is 0.161 e. The Bertz CT molecular complexity index is 545. The van der Waals surface area contributed by atoms with Crippen LogP contribution in [0, 0.1) is 6.92 Å². The van der Waals surface area contributed by atoms with E-state index in [1.54, 1.807) is 13.3 Å². The summed E-state index contributed by atoms with van der Waals surface area (Å²) in [5.41, 5.74) is 9.85. The summed E-state index contributed by atoms with van der Waals surface area (Å²) < 4.78 is 7.34. The average molecular weight is 273 g/mol. The van der Waals surface area contributed by atoms with Crippen LogP contribution in [0.25, 0.3) is 0 Å². The highest BCUT2D eigenvalue weighted by Gasteiger charge is 2.18. The van der Waals surface area contributed by atoms with E-state index in [-0.39, 0.29) is 6.04 Å². The van der Waals surface area contributed by atoms with Crippen LogP contribution < -0.4 is 10.5 Å². The number of hydrogen-bond donors (Lipinski definition) is 1. The Morgan fingerprint density at radius 2 is 2.00 bits per heavy atom. The second kappa shape index (κ2) is 6.57. The zero-order valence-corrected chi connectivity index (χ0v) is 12.5. The minimum Gasteiger partial charge on any atom is -0.493 e. The molecule has 1 aromatic carbocycles. The van der Waals surface area contributed by atoms with E-state index in [0.717, 1.165) is 30.8 Å². The van der Waals surface area contributed by atoms with Crippen molar-refractivity contribution in [1.82, 2.24) is 9.78 Å². The third-order valence-electron chi connectivity index (χ3n) is 3.43. The number of hydrogen-bond acceptors (Lipinski definition) is 3. The number of aryl methyl sites for hydroxylation is 2. The second-order valence-corrected chi connectivity index (χ2v) is 5.12. The molecule has 0 saturated carbocycles. The Kier molecular flexibility index (Phi) is 4.79. The predicted molar refractivity (Wildman–Crippen MR) is 80.9 cm³/mol. The molecule has 108 valence electrons. The molecule has 0 aliphatic carbocycles. The van der Waals surface area contributed by atoms with Crippen molar-refractivity contribution in [3.05, 3.63) is 47.3 Å². The van der Waals surface area contributed by atoms with Gasteiger partial charge in [-0.3, -0.25) is 4.68 Å². The van der Waals surface area contributed by atoms with Gasteiger partial charge in [-0.15, -0.1) is 0 Å². The normalized spacial score (nSPS) is 12.4. The van der Waals surface area contributed by atoms with Gasteiger partial charge in [0.2, 0.25) is 0 Å². The second-order valence-electron chi connectivity index (χ2n) is 5.12. The van der Waals surface area contributed by atoms with Crippen molar-refractivity contribution in [1.29, 1.82) is 0 Å². The molecule has 0 aliphatic heterocycles. The minimum atomic E-state index is -0.110. The summed E-state index contributed by atoms with van der Waals surface area (Å²) in [6.45, 7) is 5.08. The number of aromatic nitrogens is 2. The van der Waals surface area contributed by atoms with E-state index in [4.69, 9.17) is 10.5 Å². The van der Waals surface area contributed by atoms with Gasteiger partial charge in [-0.05, 0) is 25.3 Å². The first-order valence-corrected chi connectivity index (χ1v) is 7.06. The summed E-state index contributed by atoms with van der Waals surface area (Å²) >= 11 is 0. The molecular weight excluding hydrogens is 250 g/mol. The predicted octanol–water partition coefficient (Wildman–Crippen LogP) is 2.85. The van der Waals surface area contributed by atoms with E-state index < -0.39 is 0 Å². The van der Waals surface area contributed by atoms with Crippen molar-refractivity contribution >= 4 is 0 Å². The van der Waals surface area contributed by atoms with Crippen LogP contribution in [0.5, 0.6) is 5.75 Å². The van der Waals surface area contributed by atoms with Crippen LogP contribution in [-0.2, 0) is 13.0 Å². The number of methoxy groups -OCH3 is 1. The Morgan fingerprint density at radius 3 is 2.60 bits per heavy atom. The minimum absolute atomic E-state index is 0.110. The van der Waals surface area contributed by atoms with Crippen molar-refractivity contribution in [2.24, 2.45) is 5.73 Å². The van der Waals surface area contributed by atoms with Crippen molar-refractivity contribution in [3.63, 3.8) is 0 Å². The van der Waals surface area contributed by atoms with Gasteiger partial charge < -0.3 is 10.5 Å². The highest BCUT2D eigenvalue weighted by atomic mass is 16.5. The largest absolute Gasteiger partial charge is 0.493 e. The quantitative estimate of drug-likeness (QED) is 0.880. The number of nitrogens with zero attached hydrogens (tertiary/aromatic N) is 2. The maximum atomic E-state index is 6.38. The van der Waals surface area contributed by atoms with E-state index in [0.29, 0.717) is 0 Å². The first-order valence-electron chi connectivity index (χ1n) is 7.06. The third-order valence-corrected chi connectivity index (χ3v) is 3.43. The molecule has 0 fully saturated rings. The summed E-state index contributed by atoms with van der Waals surface area (Å²) in [4.78, 5) is 0. The lowest BCUT2D eigenvalue weighted by atomic mass is 10.0. The molecule has 1 atom stereocenters. The topological polar surface area (TPSA) is 53.1 Å². The summed E-state index contributed by atoms with van der Waals surface area (Å²) in [6, 6.07) is 8.37. The first-order chi connectivity index (χ1) is 9.65. The number of nitrogens with two attached hydrogens (primary N) is 1. The molecule has 0 aliphatic rings. The third kappa shape index (κ3) is 3.20. The maximum Gasteiger partial charge on any atom is 0.161 e. The molecule has 2 N–H and O–H groups in total. The van der Waals surface area contributed by atoms with E-state index >= 15 is 0 Å². The molecule has 1 aromatic heterocycles. The Balaban J connectivity index is 2.21. The van der Waals surface area contributed by atoms with E-state index in [1.165, 1.54) is 11.1 Å². The molecule has 2 aromatic rings. The van der Waals surface area contributed by atoms with Gasteiger partial charge in [-0.25, -0.2) is 0 Å². The van der Waals surface area contributed by atoms with Crippen LogP contribution in [0.2, 0.25) is 0 Å². The van der Waals surface area contributed by atoms with Crippen LogP contribution in [0.1, 0.15) is 36.2 Å². The van der Waals surface area contributed by atoms with Gasteiger partial charge in [0.05, 0.1) is 25.0 Å².